The van der Waals surface area contributed by atoms with Crippen LogP contribution in [0, 0.1) is 19.8 Å². The topological polar surface area (TPSA) is 73.7 Å². The summed E-state index contributed by atoms with van der Waals surface area (Å²) >= 11 is 0. The molecule has 6 nitrogen and oxygen atoms in total. The molecule has 0 spiro atoms. The maximum atomic E-state index is 13.6. The molecule has 8 heteroatoms. The van der Waals surface area contributed by atoms with E-state index < -0.39 is 16.0 Å². The Bertz CT molecular complexity index is 1350. The molecule has 190 valence electrons. The molecule has 3 heterocycles. The van der Waals surface area contributed by atoms with E-state index in [9.17, 15) is 17.9 Å². The highest BCUT2D eigenvalue weighted by Crippen LogP contribution is 2.43. The Morgan fingerprint density at radius 1 is 1.00 bits per heavy atom. The third-order valence-corrected chi connectivity index (χ3v) is 9.71. The molecule has 0 radical (unpaired) electrons. The van der Waals surface area contributed by atoms with E-state index in [1.54, 1.807) is 29.4 Å². The standard InChI is InChI=1S/C28H32FN3O3S/c1-19-7-3-4-8-26(19)36(34,35)31-13-5-6-14-32-24(17-31)27(25(32)18-33)22-11-9-21(10-12-22)23-15-20(2)28(29)30-16-23/h3-4,7-12,15-16,24-25,27,33H,5-6,13-14,17-18H2,1-2H3/t24?,25-,27+/m1/s1. The largest absolute Gasteiger partial charge is 0.395 e. The fraction of sp³-hybridized carbons (Fsp3) is 0.393. The number of benzene rings is 2. The average molecular weight is 510 g/mol. The highest BCUT2D eigenvalue weighted by molar-refractivity contribution is 7.89. The number of fused-ring (bicyclic) bond motifs is 1. The molecule has 3 atom stereocenters. The molecule has 0 aliphatic carbocycles. The molecule has 1 aromatic heterocycles. The van der Waals surface area contributed by atoms with E-state index in [1.165, 1.54) is 6.20 Å². The fourth-order valence-corrected chi connectivity index (χ4v) is 7.45. The number of pyridine rings is 1. The Morgan fingerprint density at radius 2 is 1.72 bits per heavy atom. The predicted octanol–water partition coefficient (Wildman–Crippen LogP) is 4.12. The Kier molecular flexibility index (Phi) is 6.96. The molecule has 2 fully saturated rings. The molecule has 2 aliphatic heterocycles. The van der Waals surface area contributed by atoms with Gasteiger partial charge in [-0.2, -0.15) is 8.70 Å². The third-order valence-electron chi connectivity index (χ3n) is 7.69. The first-order valence-electron chi connectivity index (χ1n) is 12.5. The van der Waals surface area contributed by atoms with E-state index in [2.05, 4.69) is 9.88 Å². The van der Waals surface area contributed by atoms with Crippen molar-refractivity contribution in [3.05, 3.63) is 83.4 Å². The number of sulfonamides is 1. The van der Waals surface area contributed by atoms with Crippen LogP contribution in [0.5, 0.6) is 0 Å². The molecule has 0 saturated carbocycles. The van der Waals surface area contributed by atoms with Crippen molar-refractivity contribution in [3.8, 4) is 11.1 Å². The van der Waals surface area contributed by atoms with Crippen molar-refractivity contribution in [2.45, 2.75) is 49.6 Å². The Labute approximate surface area is 212 Å². The quantitative estimate of drug-likeness (QED) is 0.524. The van der Waals surface area contributed by atoms with Gasteiger partial charge >= 0.3 is 0 Å². The Balaban J connectivity index is 1.43. The van der Waals surface area contributed by atoms with Crippen LogP contribution in [0.3, 0.4) is 0 Å². The number of halogens is 1. The van der Waals surface area contributed by atoms with Crippen molar-refractivity contribution in [3.63, 3.8) is 0 Å². The molecule has 2 aliphatic rings. The molecule has 1 N–H and O–H groups in total. The normalized spacial score (nSPS) is 23.4. The smallest absolute Gasteiger partial charge is 0.243 e. The zero-order chi connectivity index (χ0) is 25.4. The van der Waals surface area contributed by atoms with Crippen LogP contribution in [0.15, 0.2) is 65.7 Å². The van der Waals surface area contributed by atoms with Gasteiger partial charge in [0.25, 0.3) is 0 Å². The average Bonchev–Trinajstić information content (AvgIpc) is 2.85. The third kappa shape index (κ3) is 4.47. The van der Waals surface area contributed by atoms with Gasteiger partial charge in [-0.25, -0.2) is 13.4 Å². The van der Waals surface area contributed by atoms with Gasteiger partial charge < -0.3 is 5.11 Å². The summed E-state index contributed by atoms with van der Waals surface area (Å²) < 4.78 is 42.5. The van der Waals surface area contributed by atoms with Crippen LogP contribution in [0.4, 0.5) is 4.39 Å². The summed E-state index contributed by atoms with van der Waals surface area (Å²) in [4.78, 5) is 6.46. The minimum absolute atomic E-state index is 0.0122. The SMILES string of the molecule is Cc1ccccc1S(=O)(=O)N1CCCCN2C(C1)[C@H](c1ccc(-c3cnc(F)c(C)c3)cc1)[C@H]2CO. The lowest BCUT2D eigenvalue weighted by atomic mass is 9.74. The molecular weight excluding hydrogens is 477 g/mol. The van der Waals surface area contributed by atoms with E-state index in [-0.39, 0.29) is 24.6 Å². The lowest BCUT2D eigenvalue weighted by Gasteiger charge is -2.57. The van der Waals surface area contributed by atoms with Gasteiger partial charge in [0.2, 0.25) is 16.0 Å². The van der Waals surface area contributed by atoms with Gasteiger partial charge in [0, 0.05) is 48.4 Å². The van der Waals surface area contributed by atoms with Gasteiger partial charge in [0.05, 0.1) is 11.5 Å². The number of hydrogen-bond donors (Lipinski definition) is 1. The zero-order valence-electron chi connectivity index (χ0n) is 20.6. The summed E-state index contributed by atoms with van der Waals surface area (Å²) in [5.41, 5.74) is 4.09. The number of aryl methyl sites for hydroxylation is 2. The number of hydrogen-bond acceptors (Lipinski definition) is 5. The summed E-state index contributed by atoms with van der Waals surface area (Å²) in [7, 11) is -3.63. The van der Waals surface area contributed by atoms with E-state index in [4.69, 9.17) is 0 Å². The summed E-state index contributed by atoms with van der Waals surface area (Å²) in [5.74, 6) is -0.449. The second-order valence-electron chi connectivity index (χ2n) is 9.87. The predicted molar refractivity (Wildman–Crippen MR) is 138 cm³/mol. The highest BCUT2D eigenvalue weighted by Gasteiger charge is 2.50. The van der Waals surface area contributed by atoms with Crippen molar-refractivity contribution >= 4 is 10.0 Å². The van der Waals surface area contributed by atoms with Crippen molar-refractivity contribution < 1.29 is 17.9 Å². The van der Waals surface area contributed by atoms with Crippen LogP contribution < -0.4 is 0 Å². The van der Waals surface area contributed by atoms with Gasteiger partial charge in [-0.15, -0.1) is 0 Å². The van der Waals surface area contributed by atoms with Crippen LogP contribution in [-0.2, 0) is 10.0 Å². The summed E-state index contributed by atoms with van der Waals surface area (Å²) in [6.07, 6.45) is 3.20. The van der Waals surface area contributed by atoms with Gasteiger partial charge in [-0.1, -0.05) is 42.5 Å². The number of rotatable bonds is 5. The summed E-state index contributed by atoms with van der Waals surface area (Å²) in [6.45, 7) is 5.28. The van der Waals surface area contributed by atoms with Crippen molar-refractivity contribution in [1.29, 1.82) is 0 Å². The van der Waals surface area contributed by atoms with E-state index in [1.807, 2.05) is 43.3 Å². The first-order chi connectivity index (χ1) is 17.3. The minimum atomic E-state index is -3.63. The first-order valence-corrected chi connectivity index (χ1v) is 13.9. The minimum Gasteiger partial charge on any atom is -0.395 e. The lowest BCUT2D eigenvalue weighted by molar-refractivity contribution is -0.0553. The second kappa shape index (κ2) is 10.0. The Morgan fingerprint density at radius 3 is 2.42 bits per heavy atom. The fourth-order valence-electron chi connectivity index (χ4n) is 5.73. The van der Waals surface area contributed by atoms with E-state index in [0.29, 0.717) is 23.5 Å². The molecule has 0 amide bonds. The number of aliphatic hydroxyl groups is 1. The summed E-state index contributed by atoms with van der Waals surface area (Å²) in [6, 6.07) is 16.9. The monoisotopic (exact) mass is 509 g/mol. The zero-order valence-corrected chi connectivity index (χ0v) is 21.5. The van der Waals surface area contributed by atoms with E-state index >= 15 is 0 Å². The van der Waals surface area contributed by atoms with Gasteiger partial charge in [-0.05, 0) is 62.1 Å². The molecule has 2 aromatic carbocycles. The first kappa shape index (κ1) is 25.0. The van der Waals surface area contributed by atoms with Gasteiger partial charge in [-0.3, -0.25) is 4.90 Å². The number of aromatic nitrogens is 1. The van der Waals surface area contributed by atoms with Gasteiger partial charge in [0.15, 0.2) is 0 Å². The van der Waals surface area contributed by atoms with Crippen LogP contribution in [0.2, 0.25) is 0 Å². The second-order valence-corrected chi connectivity index (χ2v) is 11.8. The van der Waals surface area contributed by atoms with Crippen molar-refractivity contribution in [2.24, 2.45) is 0 Å². The maximum Gasteiger partial charge on any atom is 0.243 e. The number of nitrogens with zero attached hydrogens (tertiary/aromatic N) is 3. The molecule has 1 unspecified atom stereocenters. The van der Waals surface area contributed by atoms with Crippen LogP contribution in [0.1, 0.15) is 35.4 Å². The molecule has 36 heavy (non-hydrogen) atoms. The van der Waals surface area contributed by atoms with Crippen LogP contribution >= 0.6 is 0 Å². The molecule has 0 bridgehead atoms. The Hall–Kier alpha value is -2.65. The van der Waals surface area contributed by atoms with Crippen LogP contribution in [0.25, 0.3) is 11.1 Å². The van der Waals surface area contributed by atoms with Gasteiger partial charge in [0.1, 0.15) is 0 Å². The van der Waals surface area contributed by atoms with Crippen molar-refractivity contribution in [1.82, 2.24) is 14.2 Å². The molecular formula is C28H32FN3O3S. The molecule has 5 rings (SSSR count). The number of aliphatic hydroxyl groups excluding tert-OH is 1. The lowest BCUT2D eigenvalue weighted by Crippen LogP contribution is -2.67. The van der Waals surface area contributed by atoms with Crippen LogP contribution in [-0.4, -0.2) is 66.0 Å². The molecule has 3 aromatic rings. The maximum absolute atomic E-state index is 13.6. The van der Waals surface area contributed by atoms with Crippen molar-refractivity contribution in [2.75, 3.05) is 26.2 Å². The highest BCUT2D eigenvalue weighted by atomic mass is 32.2. The summed E-state index contributed by atoms with van der Waals surface area (Å²) in [5, 5.41) is 10.2. The molecule has 2 saturated heterocycles. The van der Waals surface area contributed by atoms with E-state index in [0.717, 1.165) is 41.6 Å².